The van der Waals surface area contributed by atoms with Crippen LogP contribution < -0.4 is 11.2 Å². The Bertz CT molecular complexity index is 874. The Kier molecular flexibility index (Phi) is 2.53. The summed E-state index contributed by atoms with van der Waals surface area (Å²) in [5.41, 5.74) is -0.181. The molecule has 0 spiro atoms. The van der Waals surface area contributed by atoms with Gasteiger partial charge in [0.1, 0.15) is 11.6 Å². The van der Waals surface area contributed by atoms with Crippen molar-refractivity contribution in [3.05, 3.63) is 56.4 Å². The number of fused-ring (bicyclic) bond motifs is 1. The highest BCUT2D eigenvalue weighted by molar-refractivity contribution is 6.30. The zero-order valence-electron chi connectivity index (χ0n) is 9.83. The molecule has 2 aromatic heterocycles. The van der Waals surface area contributed by atoms with E-state index in [0.29, 0.717) is 10.7 Å². The van der Waals surface area contributed by atoms with Gasteiger partial charge in [-0.3, -0.25) is 9.36 Å². The summed E-state index contributed by atoms with van der Waals surface area (Å²) in [5.74, 6) is 0. The van der Waals surface area contributed by atoms with Gasteiger partial charge in [-0.1, -0.05) is 16.8 Å². The molecule has 0 N–H and O–H groups in total. The van der Waals surface area contributed by atoms with Crippen molar-refractivity contribution >= 4 is 22.6 Å². The molecule has 3 rings (SSSR count). The van der Waals surface area contributed by atoms with Crippen molar-refractivity contribution in [3.8, 4) is 5.69 Å². The lowest BCUT2D eigenvalue weighted by atomic mass is 10.3. The lowest BCUT2D eigenvalue weighted by molar-refractivity contribution is 0.425. The van der Waals surface area contributed by atoms with Gasteiger partial charge < -0.3 is 4.52 Å². The molecule has 0 fully saturated rings. The van der Waals surface area contributed by atoms with Gasteiger partial charge in [0.2, 0.25) is 0 Å². The molecular formula is C12H8ClN3O3. The zero-order valence-corrected chi connectivity index (χ0v) is 10.6. The third-order valence-corrected chi connectivity index (χ3v) is 3.11. The molecule has 1 aromatic carbocycles. The lowest BCUT2D eigenvalue weighted by Crippen LogP contribution is -2.37. The third kappa shape index (κ3) is 1.68. The Labute approximate surface area is 111 Å². The summed E-state index contributed by atoms with van der Waals surface area (Å²) in [5, 5.41) is 4.52. The van der Waals surface area contributed by atoms with Crippen LogP contribution >= 0.6 is 11.6 Å². The molecule has 0 radical (unpaired) electrons. The predicted octanol–water partition coefficient (Wildman–Crippen LogP) is 1.33. The largest absolute Gasteiger partial charge is 0.362 e. The van der Waals surface area contributed by atoms with E-state index in [4.69, 9.17) is 16.1 Å². The van der Waals surface area contributed by atoms with E-state index >= 15 is 0 Å². The summed E-state index contributed by atoms with van der Waals surface area (Å²) in [6.07, 6.45) is 1.23. The molecular weight excluding hydrogens is 270 g/mol. The average molecular weight is 278 g/mol. The summed E-state index contributed by atoms with van der Waals surface area (Å²) in [4.78, 5) is 24.1. The topological polar surface area (TPSA) is 70.0 Å². The maximum absolute atomic E-state index is 12.2. The van der Waals surface area contributed by atoms with Crippen molar-refractivity contribution in [2.75, 3.05) is 0 Å². The number of aromatic nitrogens is 3. The molecule has 0 atom stereocenters. The zero-order chi connectivity index (χ0) is 13.6. The molecule has 0 unspecified atom stereocenters. The first-order valence-corrected chi connectivity index (χ1v) is 5.79. The molecule has 0 saturated carbocycles. The molecule has 0 saturated heterocycles. The molecule has 96 valence electrons. The smallest absolute Gasteiger partial charge is 0.337 e. The second-order valence-corrected chi connectivity index (χ2v) is 4.45. The van der Waals surface area contributed by atoms with Crippen LogP contribution in [0.1, 0.15) is 0 Å². The fourth-order valence-corrected chi connectivity index (χ4v) is 2.00. The van der Waals surface area contributed by atoms with Crippen LogP contribution in [0.3, 0.4) is 0 Å². The molecule has 19 heavy (non-hydrogen) atoms. The molecule has 0 aliphatic rings. The van der Waals surface area contributed by atoms with E-state index in [1.165, 1.54) is 17.9 Å². The molecule has 0 amide bonds. The van der Waals surface area contributed by atoms with Crippen LogP contribution in [0.5, 0.6) is 0 Å². The summed E-state index contributed by atoms with van der Waals surface area (Å²) < 4.78 is 7.10. The molecule has 7 heteroatoms. The summed E-state index contributed by atoms with van der Waals surface area (Å²) in [6.45, 7) is 0. The van der Waals surface area contributed by atoms with Gasteiger partial charge in [-0.2, -0.15) is 0 Å². The number of rotatable bonds is 1. The van der Waals surface area contributed by atoms with Crippen molar-refractivity contribution in [3.63, 3.8) is 0 Å². The van der Waals surface area contributed by atoms with Gasteiger partial charge in [0.05, 0.1) is 5.69 Å². The van der Waals surface area contributed by atoms with Crippen LogP contribution in [0.15, 0.2) is 44.6 Å². The van der Waals surface area contributed by atoms with E-state index in [1.54, 1.807) is 24.3 Å². The van der Waals surface area contributed by atoms with Gasteiger partial charge in [-0.05, 0) is 24.3 Å². The van der Waals surface area contributed by atoms with Crippen LogP contribution in [0, 0.1) is 0 Å². The maximum Gasteiger partial charge on any atom is 0.337 e. The maximum atomic E-state index is 12.2. The lowest BCUT2D eigenvalue weighted by Gasteiger charge is -2.07. The first-order chi connectivity index (χ1) is 9.09. The van der Waals surface area contributed by atoms with Crippen LogP contribution in [-0.2, 0) is 7.05 Å². The summed E-state index contributed by atoms with van der Waals surface area (Å²) in [6, 6.07) is 6.64. The van der Waals surface area contributed by atoms with E-state index in [1.807, 2.05) is 0 Å². The fourth-order valence-electron chi connectivity index (χ4n) is 1.87. The van der Waals surface area contributed by atoms with Crippen LogP contribution in [0.4, 0.5) is 0 Å². The van der Waals surface area contributed by atoms with E-state index in [2.05, 4.69) is 5.16 Å². The van der Waals surface area contributed by atoms with Crippen molar-refractivity contribution < 1.29 is 4.52 Å². The SMILES string of the molecule is Cn1c(=O)c2conc2n(-c2ccc(Cl)cc2)c1=O. The van der Waals surface area contributed by atoms with Gasteiger partial charge in [0.25, 0.3) is 5.56 Å². The Morgan fingerprint density at radius 2 is 1.89 bits per heavy atom. The average Bonchev–Trinajstić information content (AvgIpc) is 2.88. The summed E-state index contributed by atoms with van der Waals surface area (Å²) >= 11 is 5.82. The molecule has 2 heterocycles. The second kappa shape index (κ2) is 4.10. The predicted molar refractivity (Wildman–Crippen MR) is 69.9 cm³/mol. The highest BCUT2D eigenvalue weighted by Crippen LogP contribution is 2.15. The Balaban J connectivity index is 2.47. The number of hydrogen-bond donors (Lipinski definition) is 0. The third-order valence-electron chi connectivity index (χ3n) is 2.86. The van der Waals surface area contributed by atoms with Crippen molar-refractivity contribution in [2.24, 2.45) is 7.05 Å². The molecule has 0 aliphatic carbocycles. The van der Waals surface area contributed by atoms with E-state index < -0.39 is 11.2 Å². The normalized spacial score (nSPS) is 11.1. The fraction of sp³-hybridized carbons (Fsp3) is 0.0833. The molecule has 0 bridgehead atoms. The number of benzene rings is 1. The van der Waals surface area contributed by atoms with Crippen molar-refractivity contribution in [1.82, 2.24) is 14.3 Å². The van der Waals surface area contributed by atoms with Gasteiger partial charge in [0, 0.05) is 12.1 Å². The molecule has 0 aliphatic heterocycles. The first kappa shape index (κ1) is 11.7. The molecule has 3 aromatic rings. The number of hydrogen-bond acceptors (Lipinski definition) is 4. The van der Waals surface area contributed by atoms with Gasteiger partial charge in [-0.25, -0.2) is 9.36 Å². The van der Waals surface area contributed by atoms with E-state index in [0.717, 1.165) is 4.57 Å². The van der Waals surface area contributed by atoms with Crippen molar-refractivity contribution in [2.45, 2.75) is 0 Å². The van der Waals surface area contributed by atoms with Crippen LogP contribution in [-0.4, -0.2) is 14.3 Å². The van der Waals surface area contributed by atoms with Crippen LogP contribution in [0.2, 0.25) is 5.02 Å². The monoisotopic (exact) mass is 277 g/mol. The van der Waals surface area contributed by atoms with Crippen LogP contribution in [0.25, 0.3) is 16.7 Å². The second-order valence-electron chi connectivity index (χ2n) is 4.01. The standard InChI is InChI=1S/C12H8ClN3O3/c1-15-11(17)9-6-19-14-10(9)16(12(15)18)8-4-2-7(13)3-5-8/h2-6H,1H3. The Morgan fingerprint density at radius 3 is 2.58 bits per heavy atom. The Hall–Kier alpha value is -2.34. The number of nitrogens with zero attached hydrogens (tertiary/aromatic N) is 3. The van der Waals surface area contributed by atoms with E-state index in [-0.39, 0.29) is 11.0 Å². The van der Waals surface area contributed by atoms with Gasteiger partial charge >= 0.3 is 5.69 Å². The van der Waals surface area contributed by atoms with Crippen molar-refractivity contribution in [1.29, 1.82) is 0 Å². The first-order valence-electron chi connectivity index (χ1n) is 5.41. The number of halogens is 1. The minimum absolute atomic E-state index is 0.190. The van der Waals surface area contributed by atoms with Gasteiger partial charge in [0.15, 0.2) is 5.65 Å². The minimum Gasteiger partial charge on any atom is -0.362 e. The highest BCUT2D eigenvalue weighted by atomic mass is 35.5. The quantitative estimate of drug-likeness (QED) is 0.673. The Morgan fingerprint density at radius 1 is 1.21 bits per heavy atom. The van der Waals surface area contributed by atoms with Gasteiger partial charge in [-0.15, -0.1) is 0 Å². The van der Waals surface area contributed by atoms with E-state index in [9.17, 15) is 9.59 Å². The minimum atomic E-state index is -0.492. The summed E-state index contributed by atoms with van der Waals surface area (Å²) in [7, 11) is 1.41. The highest BCUT2D eigenvalue weighted by Gasteiger charge is 2.15. The molecule has 6 nitrogen and oxygen atoms in total.